The van der Waals surface area contributed by atoms with Gasteiger partial charge in [0.15, 0.2) is 0 Å². The summed E-state index contributed by atoms with van der Waals surface area (Å²) in [5.41, 5.74) is 0. The van der Waals surface area contributed by atoms with E-state index in [0.29, 0.717) is 6.42 Å². The molecule has 1 amide bonds. The standard InChI is InChI=1S/C16H30Cl3NO4/c1-3-4-5-6-7-8-9-10-14(24-12-23-2)13(11-21)20-15(22)16(17,18)19/h13-14,21H,3-12H2,1-2H3,(H,20,22)/t13-,14+/m1/s1. The Balaban J connectivity index is 4.36. The zero-order valence-corrected chi connectivity index (χ0v) is 16.8. The molecule has 0 aromatic rings. The van der Waals surface area contributed by atoms with E-state index >= 15 is 0 Å². The van der Waals surface area contributed by atoms with Crippen LogP contribution < -0.4 is 5.32 Å². The van der Waals surface area contributed by atoms with Gasteiger partial charge in [-0.1, -0.05) is 86.7 Å². The SMILES string of the molecule is CCCCCCCCC[C@H](OCOC)[C@@H](CO)NC(=O)C(Cl)(Cl)Cl. The van der Waals surface area contributed by atoms with E-state index in [1.54, 1.807) is 0 Å². The molecule has 2 atom stereocenters. The van der Waals surface area contributed by atoms with Crippen molar-refractivity contribution in [3.05, 3.63) is 0 Å². The van der Waals surface area contributed by atoms with E-state index in [1.165, 1.54) is 39.2 Å². The maximum Gasteiger partial charge on any atom is 0.272 e. The molecule has 0 saturated heterocycles. The van der Waals surface area contributed by atoms with Crippen LogP contribution in [0.4, 0.5) is 0 Å². The molecule has 144 valence electrons. The summed E-state index contributed by atoms with van der Waals surface area (Å²) < 4.78 is 8.42. The number of carbonyl (C=O) groups is 1. The number of carbonyl (C=O) groups excluding carboxylic acids is 1. The van der Waals surface area contributed by atoms with Gasteiger partial charge in [0.25, 0.3) is 9.70 Å². The van der Waals surface area contributed by atoms with Crippen molar-refractivity contribution in [3.63, 3.8) is 0 Å². The molecule has 0 bridgehead atoms. The molecule has 8 heteroatoms. The van der Waals surface area contributed by atoms with Crippen LogP contribution in [0.25, 0.3) is 0 Å². The monoisotopic (exact) mass is 405 g/mol. The van der Waals surface area contributed by atoms with Crippen LogP contribution in [-0.2, 0) is 14.3 Å². The highest BCUT2D eigenvalue weighted by atomic mass is 35.6. The number of halogens is 3. The van der Waals surface area contributed by atoms with E-state index in [1.807, 2.05) is 0 Å². The van der Waals surface area contributed by atoms with E-state index in [-0.39, 0.29) is 13.4 Å². The van der Waals surface area contributed by atoms with E-state index in [2.05, 4.69) is 12.2 Å². The average Bonchev–Trinajstić information content (AvgIpc) is 2.53. The lowest BCUT2D eigenvalue weighted by Gasteiger charge is -2.27. The number of aliphatic hydroxyl groups is 1. The first kappa shape index (κ1) is 24.2. The molecule has 0 aliphatic heterocycles. The highest BCUT2D eigenvalue weighted by Crippen LogP contribution is 2.26. The lowest BCUT2D eigenvalue weighted by molar-refractivity contribution is -0.126. The first-order chi connectivity index (χ1) is 11.4. The van der Waals surface area contributed by atoms with Gasteiger partial charge in [-0.3, -0.25) is 4.79 Å². The minimum absolute atomic E-state index is 0.0707. The van der Waals surface area contributed by atoms with E-state index in [0.717, 1.165) is 12.8 Å². The summed E-state index contributed by atoms with van der Waals surface area (Å²) in [4.78, 5) is 11.8. The van der Waals surface area contributed by atoms with Gasteiger partial charge in [0.2, 0.25) is 0 Å². The first-order valence-corrected chi connectivity index (χ1v) is 9.59. The molecule has 5 nitrogen and oxygen atoms in total. The molecule has 0 rings (SSSR count). The topological polar surface area (TPSA) is 67.8 Å². The molecule has 0 aromatic carbocycles. The largest absolute Gasteiger partial charge is 0.394 e. The zero-order chi connectivity index (χ0) is 18.4. The van der Waals surface area contributed by atoms with Crippen LogP contribution in [0.3, 0.4) is 0 Å². The van der Waals surface area contributed by atoms with Crippen molar-refractivity contribution >= 4 is 40.7 Å². The molecule has 0 saturated carbocycles. The Morgan fingerprint density at radius 3 is 2.21 bits per heavy atom. The maximum atomic E-state index is 11.8. The molecule has 0 heterocycles. The number of alkyl halides is 3. The third-order valence-electron chi connectivity index (χ3n) is 3.71. The van der Waals surface area contributed by atoms with Crippen LogP contribution in [0.1, 0.15) is 58.3 Å². The number of amides is 1. The van der Waals surface area contributed by atoms with Gasteiger partial charge >= 0.3 is 0 Å². The number of hydrogen-bond donors (Lipinski definition) is 2. The van der Waals surface area contributed by atoms with Crippen LogP contribution in [0.2, 0.25) is 0 Å². The minimum atomic E-state index is -2.07. The maximum absolute atomic E-state index is 11.8. The van der Waals surface area contributed by atoms with Gasteiger partial charge in [0.1, 0.15) is 6.79 Å². The fraction of sp³-hybridized carbons (Fsp3) is 0.938. The Morgan fingerprint density at radius 2 is 1.71 bits per heavy atom. The highest BCUT2D eigenvalue weighted by Gasteiger charge is 2.34. The molecular weight excluding hydrogens is 377 g/mol. The number of ether oxygens (including phenoxy) is 2. The minimum Gasteiger partial charge on any atom is -0.394 e. The fourth-order valence-corrected chi connectivity index (χ4v) is 2.53. The summed E-state index contributed by atoms with van der Waals surface area (Å²) in [6.07, 6.45) is 8.45. The second-order valence-electron chi connectivity index (χ2n) is 5.78. The number of unbranched alkanes of at least 4 members (excludes halogenated alkanes) is 6. The van der Waals surface area contributed by atoms with Crippen molar-refractivity contribution in [1.82, 2.24) is 5.32 Å². The van der Waals surface area contributed by atoms with Crippen molar-refractivity contribution in [1.29, 1.82) is 0 Å². The van der Waals surface area contributed by atoms with Gasteiger partial charge in [-0.25, -0.2) is 0 Å². The fourth-order valence-electron chi connectivity index (χ4n) is 2.37. The van der Waals surface area contributed by atoms with E-state index in [4.69, 9.17) is 44.3 Å². The molecule has 0 fully saturated rings. The molecule has 0 spiro atoms. The number of methoxy groups -OCH3 is 1. The summed E-state index contributed by atoms with van der Waals surface area (Å²) in [5, 5.41) is 12.1. The highest BCUT2D eigenvalue weighted by molar-refractivity contribution is 6.76. The number of rotatable bonds is 14. The molecule has 24 heavy (non-hydrogen) atoms. The number of aliphatic hydroxyl groups excluding tert-OH is 1. The third kappa shape index (κ3) is 11.7. The second-order valence-corrected chi connectivity index (χ2v) is 8.06. The van der Waals surface area contributed by atoms with Gasteiger partial charge in [0, 0.05) is 7.11 Å². The molecule has 0 unspecified atom stereocenters. The summed E-state index contributed by atoms with van der Waals surface area (Å²) >= 11 is 16.7. The van der Waals surface area contributed by atoms with Crippen LogP contribution in [0.5, 0.6) is 0 Å². The predicted molar refractivity (Wildman–Crippen MR) is 98.7 cm³/mol. The Kier molecular flexibility index (Phi) is 14.5. The van der Waals surface area contributed by atoms with Crippen molar-refractivity contribution in [2.24, 2.45) is 0 Å². The van der Waals surface area contributed by atoms with Gasteiger partial charge in [-0.05, 0) is 6.42 Å². The van der Waals surface area contributed by atoms with Crippen LogP contribution in [-0.4, -0.2) is 47.5 Å². The van der Waals surface area contributed by atoms with Gasteiger partial charge < -0.3 is 19.9 Å². The predicted octanol–water partition coefficient (Wildman–Crippen LogP) is 3.96. The van der Waals surface area contributed by atoms with Crippen LogP contribution in [0, 0.1) is 0 Å². The summed E-state index contributed by atoms with van der Waals surface area (Å²) in [6, 6.07) is -0.650. The Hall–Kier alpha value is 0.220. The Labute approximate surface area is 160 Å². The molecule has 0 radical (unpaired) electrons. The normalized spacial score (nSPS) is 14.4. The number of nitrogens with one attached hydrogen (secondary N) is 1. The number of hydrogen-bond acceptors (Lipinski definition) is 4. The summed E-state index contributed by atoms with van der Waals surface area (Å²) in [7, 11) is 1.51. The van der Waals surface area contributed by atoms with Crippen molar-refractivity contribution in [3.8, 4) is 0 Å². The second kappa shape index (κ2) is 14.4. The zero-order valence-electron chi connectivity index (χ0n) is 14.5. The Bertz CT molecular complexity index is 327. The smallest absolute Gasteiger partial charge is 0.272 e. The van der Waals surface area contributed by atoms with E-state index < -0.39 is 21.8 Å². The Morgan fingerprint density at radius 1 is 1.12 bits per heavy atom. The van der Waals surface area contributed by atoms with Crippen molar-refractivity contribution < 1.29 is 19.4 Å². The van der Waals surface area contributed by atoms with Gasteiger partial charge in [-0.2, -0.15) is 0 Å². The first-order valence-electron chi connectivity index (χ1n) is 8.45. The van der Waals surface area contributed by atoms with Crippen molar-refractivity contribution in [2.75, 3.05) is 20.5 Å². The van der Waals surface area contributed by atoms with Gasteiger partial charge in [0.05, 0.1) is 18.8 Å². The molecule has 0 aromatic heterocycles. The molecule has 0 aliphatic carbocycles. The summed E-state index contributed by atoms with van der Waals surface area (Å²) in [6.45, 7) is 1.96. The van der Waals surface area contributed by atoms with E-state index in [9.17, 15) is 9.90 Å². The van der Waals surface area contributed by atoms with Gasteiger partial charge in [-0.15, -0.1) is 0 Å². The summed E-state index contributed by atoms with van der Waals surface area (Å²) in [5.74, 6) is -0.780. The quantitative estimate of drug-likeness (QED) is 0.260. The lowest BCUT2D eigenvalue weighted by atomic mass is 10.0. The third-order valence-corrected chi connectivity index (χ3v) is 4.23. The average molecular weight is 407 g/mol. The van der Waals surface area contributed by atoms with Crippen molar-refractivity contribution in [2.45, 2.75) is 74.2 Å². The van der Waals surface area contributed by atoms with Crippen LogP contribution in [0.15, 0.2) is 0 Å². The lowest BCUT2D eigenvalue weighted by Crippen LogP contribution is -2.50. The molecular formula is C16H30Cl3NO4. The van der Waals surface area contributed by atoms with Crippen LogP contribution >= 0.6 is 34.8 Å². The molecule has 0 aliphatic rings. The molecule has 2 N–H and O–H groups in total.